The summed E-state index contributed by atoms with van der Waals surface area (Å²) in [5, 5.41) is 15.0. The number of ether oxygens (including phenoxy) is 6. The van der Waals surface area contributed by atoms with Crippen LogP contribution >= 0.6 is 0 Å². The van der Waals surface area contributed by atoms with Gasteiger partial charge in [0.15, 0.2) is 17.7 Å². The molecule has 3 fully saturated rings. The van der Waals surface area contributed by atoms with E-state index in [0.717, 1.165) is 6.92 Å². The molecule has 3 aliphatic heterocycles. The number of Topliss-reactive ketones (excluding diaryl/α,β-unsaturated/α-hetero) is 2. The number of halogens is 1. The molecule has 0 aromatic rings. The predicted octanol–water partition coefficient (Wildman–Crippen LogP) is 3.92. The fraction of sp³-hybridized carbons (Fsp3) is 0.865. The van der Waals surface area contributed by atoms with E-state index < -0.39 is 101 Å². The number of likely N-dealkylation sites (N-methyl/N-ethyl adjacent to an activating group) is 1. The summed E-state index contributed by atoms with van der Waals surface area (Å²) < 4.78 is 52.3. The van der Waals surface area contributed by atoms with Gasteiger partial charge < -0.3 is 43.3 Å². The third-order valence-electron chi connectivity index (χ3n) is 11.5. The molecule has 0 aromatic carbocycles. The maximum Gasteiger partial charge on any atom is 0.410 e. The highest BCUT2D eigenvalue weighted by atomic mass is 19.1. The number of carbonyl (C=O) groups excluding carboxylic acids is 5. The summed E-state index contributed by atoms with van der Waals surface area (Å²) in [7, 11) is 4.82. The molecule has 3 aliphatic rings. The van der Waals surface area contributed by atoms with Crippen molar-refractivity contribution in [2.24, 2.45) is 22.9 Å². The molecule has 1 amide bonds. The number of nitrogens with zero attached hydrogens (tertiary/aromatic N) is 5. The molecule has 0 aliphatic carbocycles. The van der Waals surface area contributed by atoms with Crippen LogP contribution < -0.4 is 0 Å². The van der Waals surface area contributed by atoms with Crippen LogP contribution in [0.5, 0.6) is 0 Å². The first-order valence-corrected chi connectivity index (χ1v) is 18.9. The van der Waals surface area contributed by atoms with Crippen molar-refractivity contribution >= 4 is 29.6 Å². The monoisotopic (exact) mass is 785 g/mol. The molecule has 0 bridgehead atoms. The summed E-state index contributed by atoms with van der Waals surface area (Å²) in [5.74, 6) is -6.76. The highest BCUT2D eigenvalue weighted by molar-refractivity contribution is 6.08. The molecular weight excluding hydrogens is 725 g/mol. The molecule has 3 heterocycles. The highest BCUT2D eigenvalue weighted by Crippen LogP contribution is 2.43. The minimum Gasteiger partial charge on any atom is -0.463 e. The summed E-state index contributed by atoms with van der Waals surface area (Å²) in [6.45, 7) is 11.6. The lowest BCUT2D eigenvalue weighted by Crippen LogP contribution is -2.62. The number of hydrogen-bond donors (Lipinski definition) is 1. The van der Waals surface area contributed by atoms with E-state index in [0.29, 0.717) is 12.8 Å². The fourth-order valence-electron chi connectivity index (χ4n) is 8.43. The van der Waals surface area contributed by atoms with Gasteiger partial charge in [-0.1, -0.05) is 32.8 Å². The molecule has 312 valence electrons. The van der Waals surface area contributed by atoms with Crippen molar-refractivity contribution in [3.05, 3.63) is 10.4 Å². The van der Waals surface area contributed by atoms with Crippen molar-refractivity contribution < 1.29 is 61.9 Å². The zero-order valence-corrected chi connectivity index (χ0v) is 34.0. The van der Waals surface area contributed by atoms with Crippen molar-refractivity contribution in [3.8, 4) is 0 Å². The Labute approximate surface area is 322 Å². The molecule has 17 nitrogen and oxygen atoms in total. The van der Waals surface area contributed by atoms with E-state index in [4.69, 9.17) is 34.0 Å². The molecule has 0 saturated carbocycles. The van der Waals surface area contributed by atoms with Crippen LogP contribution in [0.2, 0.25) is 0 Å². The number of azide groups is 1. The van der Waals surface area contributed by atoms with Crippen molar-refractivity contribution in [1.29, 1.82) is 0 Å². The van der Waals surface area contributed by atoms with E-state index in [9.17, 15) is 29.1 Å². The minimum atomic E-state index is -3.24. The molecule has 55 heavy (non-hydrogen) atoms. The van der Waals surface area contributed by atoms with Crippen molar-refractivity contribution in [3.63, 3.8) is 0 Å². The average molecular weight is 786 g/mol. The Morgan fingerprint density at radius 2 is 1.78 bits per heavy atom. The summed E-state index contributed by atoms with van der Waals surface area (Å²) in [5.41, 5.74) is 2.24. The predicted molar refractivity (Wildman–Crippen MR) is 194 cm³/mol. The van der Waals surface area contributed by atoms with Crippen LogP contribution in [0.15, 0.2) is 5.11 Å². The number of carbonyl (C=O) groups is 5. The Morgan fingerprint density at radius 1 is 1.13 bits per heavy atom. The van der Waals surface area contributed by atoms with E-state index in [2.05, 4.69) is 10.0 Å². The summed E-state index contributed by atoms with van der Waals surface area (Å²) in [6, 6.07) is -1.54. The standard InChI is InChI=1S/C37H60FN5O12/c1-12-26-37(8)29(43(34(49)55-37)16-14-13-15-40-41-39)21(3)27(45)20(2)18-35(6,50-11)31(22(4)30(47)36(7,38)33(48)53-26)54-32-28(46)25(42(9)10)17-24(52-32)19-51-23(5)44/h20-22,24-26,28-29,31-32,46H,12-19H2,1-11H3/t20-,21+,22+,24?,25?,26-,28?,29-,31-,32?,35+,36+,37-/m1/s1. The van der Waals surface area contributed by atoms with Gasteiger partial charge in [0, 0.05) is 55.8 Å². The Morgan fingerprint density at radius 3 is 2.35 bits per heavy atom. The summed E-state index contributed by atoms with van der Waals surface area (Å²) in [4.78, 5) is 73.6. The Balaban J connectivity index is 2.15. The van der Waals surface area contributed by atoms with Gasteiger partial charge in [0.05, 0.1) is 23.9 Å². The second kappa shape index (κ2) is 18.7. The van der Waals surface area contributed by atoms with Crippen LogP contribution in [0.25, 0.3) is 10.4 Å². The molecule has 13 atom stereocenters. The second-order valence-electron chi connectivity index (χ2n) is 15.9. The number of amides is 1. The second-order valence-corrected chi connectivity index (χ2v) is 15.9. The lowest BCUT2D eigenvalue weighted by atomic mass is 9.73. The van der Waals surface area contributed by atoms with Gasteiger partial charge in [-0.25, -0.2) is 14.0 Å². The number of alkyl halides is 1. The number of cyclic esters (lactones) is 1. The number of aliphatic hydroxyl groups excluding tert-OH is 1. The van der Waals surface area contributed by atoms with Crippen LogP contribution in [-0.2, 0) is 47.6 Å². The first-order valence-electron chi connectivity index (χ1n) is 18.9. The van der Waals surface area contributed by atoms with E-state index in [1.165, 1.54) is 32.8 Å². The Hall–Kier alpha value is -3.41. The van der Waals surface area contributed by atoms with Crippen LogP contribution in [-0.4, -0.2) is 145 Å². The smallest absolute Gasteiger partial charge is 0.410 e. The molecule has 4 unspecified atom stereocenters. The van der Waals surface area contributed by atoms with Gasteiger partial charge in [-0.3, -0.25) is 14.4 Å². The average Bonchev–Trinajstić information content (AvgIpc) is 3.39. The molecular formula is C37H60FN5O12. The van der Waals surface area contributed by atoms with Gasteiger partial charge in [0.25, 0.3) is 5.67 Å². The number of unbranched alkanes of at least 4 members (excludes halogenated alkanes) is 1. The third kappa shape index (κ3) is 9.95. The number of hydrogen-bond acceptors (Lipinski definition) is 14. The van der Waals surface area contributed by atoms with E-state index in [1.54, 1.807) is 46.7 Å². The summed E-state index contributed by atoms with van der Waals surface area (Å²) in [6.07, 6.45) is -5.89. The van der Waals surface area contributed by atoms with Gasteiger partial charge in [-0.15, -0.1) is 0 Å². The van der Waals surface area contributed by atoms with E-state index in [1.807, 2.05) is 0 Å². The number of aliphatic hydroxyl groups is 1. The van der Waals surface area contributed by atoms with E-state index in [-0.39, 0.29) is 44.7 Å². The fourth-order valence-corrected chi connectivity index (χ4v) is 8.43. The van der Waals surface area contributed by atoms with Crippen LogP contribution in [0.3, 0.4) is 0 Å². The Bertz CT molecular complexity index is 1460. The van der Waals surface area contributed by atoms with Crippen LogP contribution in [0, 0.1) is 17.8 Å². The zero-order valence-electron chi connectivity index (χ0n) is 34.0. The zero-order chi connectivity index (χ0) is 41.6. The number of fused-ring (bicyclic) bond motifs is 1. The molecule has 0 aromatic heterocycles. The number of esters is 2. The number of rotatable bonds is 12. The molecule has 1 N–H and O–H groups in total. The summed E-state index contributed by atoms with van der Waals surface area (Å²) >= 11 is 0. The van der Waals surface area contributed by atoms with Gasteiger partial charge in [0.1, 0.15) is 24.6 Å². The van der Waals surface area contributed by atoms with Gasteiger partial charge in [-0.05, 0) is 72.5 Å². The van der Waals surface area contributed by atoms with Crippen molar-refractivity contribution in [2.45, 2.75) is 147 Å². The molecule has 18 heteroatoms. The largest absolute Gasteiger partial charge is 0.463 e. The maximum atomic E-state index is 16.8. The van der Waals surface area contributed by atoms with Gasteiger partial charge in [-0.2, -0.15) is 0 Å². The van der Waals surface area contributed by atoms with Gasteiger partial charge >= 0.3 is 18.0 Å². The minimum absolute atomic E-state index is 0.0406. The van der Waals surface area contributed by atoms with E-state index >= 15 is 4.39 Å². The SMILES string of the molecule is CC[C@H]1OC(=O)[C@@](C)(F)C(=O)[C@H](C)[C@@H](OC2OC(COC(C)=O)CC(N(C)C)C2O)[C@@](C)(OC)C[C@@H](C)C(=O)[C@H](C)[C@H]2N(CCCCN=[N+]=[N-])C(=O)O[C@]12C. The number of ketones is 2. The quantitative estimate of drug-likeness (QED) is 0.0566. The normalized spacial score (nSPS) is 39.1. The molecule has 3 saturated heterocycles. The first-order chi connectivity index (χ1) is 25.6. The third-order valence-corrected chi connectivity index (χ3v) is 11.5. The first kappa shape index (κ1) is 46.0. The molecule has 0 radical (unpaired) electrons. The molecule has 3 rings (SSSR count). The molecule has 0 spiro atoms. The van der Waals surface area contributed by atoms with Crippen LogP contribution in [0.1, 0.15) is 87.5 Å². The lowest BCUT2D eigenvalue weighted by molar-refractivity contribution is -0.301. The topological polar surface area (TPSA) is 216 Å². The lowest BCUT2D eigenvalue weighted by Gasteiger charge is -2.47. The van der Waals surface area contributed by atoms with Gasteiger partial charge in [0.2, 0.25) is 0 Å². The van der Waals surface area contributed by atoms with Crippen molar-refractivity contribution in [1.82, 2.24) is 9.80 Å². The van der Waals surface area contributed by atoms with Crippen LogP contribution in [0.4, 0.5) is 9.18 Å². The number of methoxy groups -OCH3 is 1. The van der Waals surface area contributed by atoms with Crippen molar-refractivity contribution in [2.75, 3.05) is 40.9 Å². The highest BCUT2D eigenvalue weighted by Gasteiger charge is 2.61. The Kier molecular flexibility index (Phi) is 15.6. The maximum absolute atomic E-state index is 16.8.